The van der Waals surface area contributed by atoms with E-state index in [1.807, 2.05) is 56.0 Å². The highest BCUT2D eigenvalue weighted by Crippen LogP contribution is 2.28. The van der Waals surface area contributed by atoms with Gasteiger partial charge in [-0.15, -0.1) is 11.3 Å². The summed E-state index contributed by atoms with van der Waals surface area (Å²) in [7, 11) is 2.00. The van der Waals surface area contributed by atoms with E-state index < -0.39 is 0 Å². The first-order chi connectivity index (χ1) is 13.6. The van der Waals surface area contributed by atoms with E-state index in [0.717, 1.165) is 27.0 Å². The molecular weight excluding hydrogens is 392 g/mol. The lowest BCUT2D eigenvalue weighted by molar-refractivity contribution is -0.664. The number of hydrogen-bond acceptors (Lipinski definition) is 3. The Morgan fingerprint density at radius 2 is 1.96 bits per heavy atom. The first kappa shape index (κ1) is 17.2. The van der Waals surface area contributed by atoms with Gasteiger partial charge < -0.3 is 4.57 Å². The van der Waals surface area contributed by atoms with Crippen LogP contribution in [0.15, 0.2) is 72.0 Å². The minimum Gasteiger partial charge on any atom is -0.350 e. The van der Waals surface area contributed by atoms with Crippen molar-refractivity contribution in [1.82, 2.24) is 14.0 Å². The van der Waals surface area contributed by atoms with Crippen LogP contribution in [0.5, 0.6) is 0 Å². The highest BCUT2D eigenvalue weighted by Gasteiger charge is 2.20. The molecule has 0 bridgehead atoms. The fourth-order valence-electron chi connectivity index (χ4n) is 3.64. The maximum atomic E-state index is 13.3. The molecule has 4 aromatic heterocycles. The van der Waals surface area contributed by atoms with Crippen molar-refractivity contribution in [2.75, 3.05) is 0 Å². The van der Waals surface area contributed by atoms with Crippen molar-refractivity contribution in [2.24, 2.45) is 7.05 Å². The van der Waals surface area contributed by atoms with E-state index in [4.69, 9.17) is 11.6 Å². The minimum atomic E-state index is -0.0365. The van der Waals surface area contributed by atoms with Gasteiger partial charge in [0.2, 0.25) is 0 Å². The van der Waals surface area contributed by atoms with E-state index in [2.05, 4.69) is 26.3 Å². The van der Waals surface area contributed by atoms with E-state index in [1.165, 1.54) is 11.3 Å². The van der Waals surface area contributed by atoms with Gasteiger partial charge in [0.15, 0.2) is 4.47 Å². The molecule has 0 unspecified atom stereocenters. The Balaban J connectivity index is 1.79. The highest BCUT2D eigenvalue weighted by molar-refractivity contribution is 7.15. The standard InChI is InChI=1S/C21H16ClN4OS/c1-24-12-16(15-6-2-3-7-18(15)24)17-13-25(11-14-10-23-21(22)28-14)19-8-4-5-9-26(19)20(17)27/h2-10,12-13H,11H2,1H3/q+1. The Kier molecular flexibility index (Phi) is 4.03. The molecule has 0 atom stereocenters. The largest absolute Gasteiger partial charge is 0.350 e. The van der Waals surface area contributed by atoms with Crippen LogP contribution in [-0.4, -0.2) is 14.0 Å². The van der Waals surface area contributed by atoms with Crippen molar-refractivity contribution in [3.8, 4) is 11.1 Å². The molecule has 5 aromatic rings. The van der Waals surface area contributed by atoms with Gasteiger partial charge in [0.05, 0.1) is 11.1 Å². The third-order valence-corrected chi connectivity index (χ3v) is 6.01. The summed E-state index contributed by atoms with van der Waals surface area (Å²) < 4.78 is 6.33. The molecule has 0 radical (unpaired) electrons. The second-order valence-corrected chi connectivity index (χ2v) is 8.35. The third kappa shape index (κ3) is 2.73. The Hall–Kier alpha value is -2.96. The number of rotatable bonds is 3. The van der Waals surface area contributed by atoms with Crippen molar-refractivity contribution in [3.05, 3.63) is 86.9 Å². The van der Waals surface area contributed by atoms with Gasteiger partial charge in [-0.05, 0) is 12.1 Å². The predicted molar refractivity (Wildman–Crippen MR) is 112 cm³/mol. The lowest BCUT2D eigenvalue weighted by Gasteiger charge is -2.05. The molecule has 0 aliphatic heterocycles. The summed E-state index contributed by atoms with van der Waals surface area (Å²) in [5.41, 5.74) is 3.47. The highest BCUT2D eigenvalue weighted by atomic mass is 35.5. The number of nitrogens with zero attached hydrogens (tertiary/aromatic N) is 4. The van der Waals surface area contributed by atoms with Gasteiger partial charge in [-0.3, -0.25) is 0 Å². The number of halogens is 1. The van der Waals surface area contributed by atoms with Crippen LogP contribution in [0.3, 0.4) is 0 Å². The number of para-hydroxylation sites is 1. The van der Waals surface area contributed by atoms with Crippen molar-refractivity contribution in [2.45, 2.75) is 6.54 Å². The zero-order valence-corrected chi connectivity index (χ0v) is 16.6. The fourth-order valence-corrected chi connectivity index (χ4v) is 4.62. The van der Waals surface area contributed by atoms with Gasteiger partial charge in [0, 0.05) is 42.0 Å². The van der Waals surface area contributed by atoms with Crippen molar-refractivity contribution in [3.63, 3.8) is 0 Å². The van der Waals surface area contributed by atoms with Crippen LogP contribution in [0, 0.1) is 0 Å². The van der Waals surface area contributed by atoms with Gasteiger partial charge in [-0.1, -0.05) is 35.9 Å². The van der Waals surface area contributed by atoms with Gasteiger partial charge in [0.25, 0.3) is 5.65 Å². The number of fused-ring (bicyclic) bond motifs is 2. The molecule has 5 rings (SSSR count). The molecule has 0 saturated carbocycles. The molecule has 0 aliphatic carbocycles. The molecule has 0 amide bonds. The zero-order valence-electron chi connectivity index (χ0n) is 15.0. The Morgan fingerprint density at radius 1 is 1.14 bits per heavy atom. The average molecular weight is 408 g/mol. The number of thiazole rings is 1. The summed E-state index contributed by atoms with van der Waals surface area (Å²) in [6.45, 7) is 0.593. The minimum absolute atomic E-state index is 0.0365. The monoisotopic (exact) mass is 407 g/mol. The first-order valence-corrected chi connectivity index (χ1v) is 10.00. The summed E-state index contributed by atoms with van der Waals surface area (Å²) in [5, 5.41) is 1.06. The van der Waals surface area contributed by atoms with Gasteiger partial charge in [0.1, 0.15) is 18.3 Å². The number of aromatic nitrogens is 4. The van der Waals surface area contributed by atoms with Gasteiger partial charge in [-0.25, -0.2) is 14.3 Å². The van der Waals surface area contributed by atoms with E-state index in [0.29, 0.717) is 16.6 Å². The van der Waals surface area contributed by atoms with E-state index >= 15 is 0 Å². The molecule has 4 heterocycles. The molecule has 0 fully saturated rings. The summed E-state index contributed by atoms with van der Waals surface area (Å²) in [4.78, 5) is 18.5. The second-order valence-electron chi connectivity index (χ2n) is 6.66. The van der Waals surface area contributed by atoms with Crippen molar-refractivity contribution >= 4 is 39.5 Å². The molecule has 138 valence electrons. The quantitative estimate of drug-likeness (QED) is 0.426. The molecule has 7 heteroatoms. The number of aryl methyl sites for hydroxylation is 1. The normalized spacial score (nSPS) is 11.5. The second kappa shape index (κ2) is 6.58. The summed E-state index contributed by atoms with van der Waals surface area (Å²) in [5.74, 6) is 0. The Labute approximate surface area is 169 Å². The maximum Gasteiger partial charge on any atom is 0.350 e. The smallest absolute Gasteiger partial charge is 0.350 e. The lowest BCUT2D eigenvalue weighted by atomic mass is 10.1. The lowest BCUT2D eigenvalue weighted by Crippen LogP contribution is -2.40. The predicted octanol–water partition coefficient (Wildman–Crippen LogP) is 3.90. The Bertz CT molecular complexity index is 1400. The van der Waals surface area contributed by atoms with Gasteiger partial charge in [-0.2, -0.15) is 4.40 Å². The molecule has 5 nitrogen and oxygen atoms in total. The van der Waals surface area contributed by atoms with Crippen LogP contribution in [0.4, 0.5) is 0 Å². The molecular formula is C21H16ClN4OS+. The van der Waals surface area contributed by atoms with Crippen molar-refractivity contribution < 1.29 is 4.57 Å². The third-order valence-electron chi connectivity index (χ3n) is 4.91. The van der Waals surface area contributed by atoms with Crippen LogP contribution in [-0.2, 0) is 13.6 Å². The number of hydrogen-bond donors (Lipinski definition) is 0. The van der Waals surface area contributed by atoms with Gasteiger partial charge >= 0.3 is 5.56 Å². The molecule has 0 saturated heterocycles. The van der Waals surface area contributed by atoms with E-state index in [-0.39, 0.29) is 5.56 Å². The molecule has 1 aromatic carbocycles. The van der Waals surface area contributed by atoms with Crippen LogP contribution in [0.25, 0.3) is 27.7 Å². The van der Waals surface area contributed by atoms with Crippen LogP contribution in [0.1, 0.15) is 4.88 Å². The summed E-state index contributed by atoms with van der Waals surface area (Å²) in [6.07, 6.45) is 7.54. The number of pyridine rings is 1. The zero-order chi connectivity index (χ0) is 19.3. The molecule has 0 N–H and O–H groups in total. The van der Waals surface area contributed by atoms with Crippen LogP contribution >= 0.6 is 22.9 Å². The SMILES string of the molecule is Cn1cc(-c2c[n+](Cc3cnc(Cl)s3)c3ccccn3c2=O)c2ccccc21. The van der Waals surface area contributed by atoms with Crippen LogP contribution in [0.2, 0.25) is 4.47 Å². The maximum absolute atomic E-state index is 13.3. The molecule has 0 spiro atoms. The topological polar surface area (TPSA) is 43.2 Å². The van der Waals surface area contributed by atoms with E-state index in [9.17, 15) is 4.79 Å². The summed E-state index contributed by atoms with van der Waals surface area (Å²) in [6, 6.07) is 13.9. The first-order valence-electron chi connectivity index (χ1n) is 8.80. The average Bonchev–Trinajstić information content (AvgIpc) is 3.27. The van der Waals surface area contributed by atoms with E-state index in [1.54, 1.807) is 10.6 Å². The van der Waals surface area contributed by atoms with Crippen molar-refractivity contribution in [1.29, 1.82) is 0 Å². The molecule has 0 aliphatic rings. The summed E-state index contributed by atoms with van der Waals surface area (Å²) >= 11 is 7.45. The van der Waals surface area contributed by atoms with Crippen LogP contribution < -0.4 is 10.1 Å². The molecule has 28 heavy (non-hydrogen) atoms. The Morgan fingerprint density at radius 3 is 2.79 bits per heavy atom. The number of benzene rings is 1. The fraction of sp³-hybridized carbons (Fsp3) is 0.0952.